The molecule has 4 nitrogen and oxygen atoms in total. The molecule has 4 rings (SSSR count). The molecule has 0 atom stereocenters. The van der Waals surface area contributed by atoms with Crippen LogP contribution in [0.4, 0.5) is 10.5 Å². The van der Waals surface area contributed by atoms with E-state index in [1.807, 2.05) is 4.90 Å². The maximum atomic E-state index is 13.4. The van der Waals surface area contributed by atoms with Gasteiger partial charge in [-0.05, 0) is 55.7 Å². The molecule has 1 aliphatic carbocycles. The second kappa shape index (κ2) is 10.5. The van der Waals surface area contributed by atoms with Gasteiger partial charge < -0.3 is 14.8 Å². The number of nitrogens with zero attached hydrogens (tertiary/aromatic N) is 2. The van der Waals surface area contributed by atoms with Gasteiger partial charge in [0.05, 0.1) is 17.3 Å². The molecule has 0 unspecified atom stereocenters. The van der Waals surface area contributed by atoms with Gasteiger partial charge in [0.25, 0.3) is 0 Å². The molecule has 0 spiro atoms. The lowest BCUT2D eigenvalue weighted by Crippen LogP contribution is -2.43. The Hall–Kier alpha value is -2.43. The fourth-order valence-electron chi connectivity index (χ4n) is 4.47. The topological polar surface area (TPSA) is 37.3 Å². The SMILES string of the molecule is Cc1cccc(Cn2cccc2CN(C(=O)Nc2ccc(Cl)cc2Cl)C2CCCCC2)c1. The molecule has 1 aromatic heterocycles. The number of carbonyl (C=O) groups excluding carboxylic acids is 1. The quantitative estimate of drug-likeness (QED) is 0.398. The van der Waals surface area contributed by atoms with Crippen molar-refractivity contribution in [2.24, 2.45) is 0 Å². The van der Waals surface area contributed by atoms with Crippen LogP contribution in [-0.4, -0.2) is 21.5 Å². The van der Waals surface area contributed by atoms with Crippen molar-refractivity contribution in [3.63, 3.8) is 0 Å². The van der Waals surface area contributed by atoms with E-state index in [0.29, 0.717) is 22.3 Å². The first kappa shape index (κ1) is 22.8. The molecule has 0 saturated heterocycles. The number of hydrogen-bond donors (Lipinski definition) is 1. The van der Waals surface area contributed by atoms with Crippen LogP contribution >= 0.6 is 23.2 Å². The van der Waals surface area contributed by atoms with Gasteiger partial charge in [0, 0.05) is 29.5 Å². The van der Waals surface area contributed by atoms with Crippen LogP contribution in [0.1, 0.15) is 48.9 Å². The summed E-state index contributed by atoms with van der Waals surface area (Å²) in [7, 11) is 0. The Balaban J connectivity index is 1.55. The summed E-state index contributed by atoms with van der Waals surface area (Å²) < 4.78 is 2.23. The average Bonchev–Trinajstić information content (AvgIpc) is 3.21. The third-order valence-electron chi connectivity index (χ3n) is 6.14. The number of carbonyl (C=O) groups is 1. The van der Waals surface area contributed by atoms with Crippen LogP contribution in [0.15, 0.2) is 60.8 Å². The number of urea groups is 1. The number of nitrogens with one attached hydrogen (secondary N) is 1. The van der Waals surface area contributed by atoms with Crippen molar-refractivity contribution in [1.82, 2.24) is 9.47 Å². The van der Waals surface area contributed by atoms with Gasteiger partial charge in [-0.15, -0.1) is 0 Å². The zero-order chi connectivity index (χ0) is 22.5. The first-order valence-corrected chi connectivity index (χ1v) is 12.0. The molecule has 1 saturated carbocycles. The molecule has 2 aromatic carbocycles. The normalized spacial score (nSPS) is 14.3. The maximum absolute atomic E-state index is 13.4. The minimum atomic E-state index is -0.121. The van der Waals surface area contributed by atoms with Gasteiger partial charge >= 0.3 is 6.03 Å². The van der Waals surface area contributed by atoms with Gasteiger partial charge in [-0.3, -0.25) is 0 Å². The van der Waals surface area contributed by atoms with E-state index in [9.17, 15) is 4.79 Å². The van der Waals surface area contributed by atoms with E-state index in [1.165, 1.54) is 17.5 Å². The van der Waals surface area contributed by atoms with Crippen molar-refractivity contribution in [2.45, 2.75) is 58.2 Å². The number of amides is 2. The van der Waals surface area contributed by atoms with E-state index in [0.717, 1.165) is 37.9 Å². The smallest absolute Gasteiger partial charge is 0.322 e. The highest BCUT2D eigenvalue weighted by Gasteiger charge is 2.27. The predicted octanol–water partition coefficient (Wildman–Crippen LogP) is 7.52. The van der Waals surface area contributed by atoms with Gasteiger partial charge in [-0.1, -0.05) is 72.3 Å². The molecule has 1 heterocycles. The summed E-state index contributed by atoms with van der Waals surface area (Å²) in [6, 6.07) is 17.9. The summed E-state index contributed by atoms with van der Waals surface area (Å²) in [6.07, 6.45) is 7.69. The molecule has 6 heteroatoms. The highest BCUT2D eigenvalue weighted by Crippen LogP contribution is 2.28. The monoisotopic (exact) mass is 469 g/mol. The van der Waals surface area contributed by atoms with Gasteiger partial charge in [-0.2, -0.15) is 0 Å². The summed E-state index contributed by atoms with van der Waals surface area (Å²) in [4.78, 5) is 15.4. The minimum Gasteiger partial charge on any atom is -0.345 e. The predicted molar refractivity (Wildman–Crippen MR) is 133 cm³/mol. The average molecular weight is 470 g/mol. The minimum absolute atomic E-state index is 0.121. The Morgan fingerprint density at radius 2 is 1.88 bits per heavy atom. The second-order valence-corrected chi connectivity index (χ2v) is 9.43. The maximum Gasteiger partial charge on any atom is 0.322 e. The Bertz CT molecular complexity index is 1070. The summed E-state index contributed by atoms with van der Waals surface area (Å²) in [5, 5.41) is 4.00. The molecule has 0 bridgehead atoms. The van der Waals surface area contributed by atoms with E-state index in [2.05, 4.69) is 59.4 Å². The van der Waals surface area contributed by atoms with Crippen molar-refractivity contribution in [3.8, 4) is 0 Å². The molecule has 0 aliphatic heterocycles. The highest BCUT2D eigenvalue weighted by molar-refractivity contribution is 6.36. The lowest BCUT2D eigenvalue weighted by molar-refractivity contribution is 0.161. The van der Waals surface area contributed by atoms with Crippen LogP contribution in [0, 0.1) is 6.92 Å². The number of aromatic nitrogens is 1. The zero-order valence-corrected chi connectivity index (χ0v) is 19.9. The molecule has 168 valence electrons. The lowest BCUT2D eigenvalue weighted by Gasteiger charge is -2.34. The Morgan fingerprint density at radius 1 is 1.06 bits per heavy atom. The number of hydrogen-bond acceptors (Lipinski definition) is 1. The van der Waals surface area contributed by atoms with Crippen LogP contribution in [0.3, 0.4) is 0 Å². The third-order valence-corrected chi connectivity index (χ3v) is 6.69. The van der Waals surface area contributed by atoms with E-state index >= 15 is 0 Å². The fourth-order valence-corrected chi connectivity index (χ4v) is 4.92. The summed E-state index contributed by atoms with van der Waals surface area (Å²) in [6.45, 7) is 3.45. The zero-order valence-electron chi connectivity index (χ0n) is 18.4. The number of halogens is 2. The standard InChI is InChI=1S/C26H29Cl2N3O/c1-19-7-5-8-20(15-19)17-30-14-6-11-23(30)18-31(22-9-3-2-4-10-22)26(32)29-25-13-12-21(27)16-24(25)28/h5-8,11-16,22H,2-4,9-10,17-18H2,1H3,(H,29,32). The number of benzene rings is 2. The molecule has 32 heavy (non-hydrogen) atoms. The Kier molecular flexibility index (Phi) is 7.44. The highest BCUT2D eigenvalue weighted by atomic mass is 35.5. The molecule has 3 aromatic rings. The number of aryl methyl sites for hydroxylation is 1. The number of rotatable bonds is 6. The molecule has 2 amide bonds. The molecular formula is C26H29Cl2N3O. The van der Waals surface area contributed by atoms with Crippen LogP contribution in [0.2, 0.25) is 10.0 Å². The molecular weight excluding hydrogens is 441 g/mol. The largest absolute Gasteiger partial charge is 0.345 e. The van der Waals surface area contributed by atoms with Crippen molar-refractivity contribution in [3.05, 3.63) is 87.7 Å². The number of anilines is 1. The summed E-state index contributed by atoms with van der Waals surface area (Å²) in [5.41, 5.74) is 4.20. The summed E-state index contributed by atoms with van der Waals surface area (Å²) in [5.74, 6) is 0. The molecule has 1 N–H and O–H groups in total. The van der Waals surface area contributed by atoms with Crippen molar-refractivity contribution in [1.29, 1.82) is 0 Å². The van der Waals surface area contributed by atoms with Crippen LogP contribution < -0.4 is 5.32 Å². The van der Waals surface area contributed by atoms with Crippen LogP contribution in [-0.2, 0) is 13.1 Å². The summed E-state index contributed by atoms with van der Waals surface area (Å²) >= 11 is 12.3. The van der Waals surface area contributed by atoms with E-state index in [-0.39, 0.29) is 12.1 Å². The van der Waals surface area contributed by atoms with Gasteiger partial charge in [0.15, 0.2) is 0 Å². The lowest BCUT2D eigenvalue weighted by atomic mass is 9.94. The van der Waals surface area contributed by atoms with E-state index < -0.39 is 0 Å². The van der Waals surface area contributed by atoms with Crippen molar-refractivity contribution in [2.75, 3.05) is 5.32 Å². The molecule has 1 fully saturated rings. The Labute approximate surface area is 200 Å². The van der Waals surface area contributed by atoms with E-state index in [4.69, 9.17) is 23.2 Å². The van der Waals surface area contributed by atoms with E-state index in [1.54, 1.807) is 18.2 Å². The Morgan fingerprint density at radius 3 is 2.62 bits per heavy atom. The molecule has 0 radical (unpaired) electrons. The fraction of sp³-hybridized carbons (Fsp3) is 0.346. The second-order valence-electron chi connectivity index (χ2n) is 8.59. The van der Waals surface area contributed by atoms with Crippen LogP contribution in [0.5, 0.6) is 0 Å². The first-order chi connectivity index (χ1) is 15.5. The van der Waals surface area contributed by atoms with Gasteiger partial charge in [-0.25, -0.2) is 4.79 Å². The van der Waals surface area contributed by atoms with Gasteiger partial charge in [0.1, 0.15) is 0 Å². The van der Waals surface area contributed by atoms with Crippen molar-refractivity contribution >= 4 is 34.9 Å². The molecule has 1 aliphatic rings. The van der Waals surface area contributed by atoms with Crippen LogP contribution in [0.25, 0.3) is 0 Å². The van der Waals surface area contributed by atoms with Crippen molar-refractivity contribution < 1.29 is 4.79 Å². The first-order valence-electron chi connectivity index (χ1n) is 11.2. The third kappa shape index (κ3) is 5.67. The van der Waals surface area contributed by atoms with Gasteiger partial charge in [0.2, 0.25) is 0 Å².